The van der Waals surface area contributed by atoms with Crippen LogP contribution in [0.15, 0.2) is 288 Å². The Morgan fingerprint density at radius 1 is 0.198 bits per heavy atom. The van der Waals surface area contributed by atoms with E-state index < -0.39 is 0 Å². The van der Waals surface area contributed by atoms with E-state index in [0.717, 1.165) is 89.1 Å². The minimum atomic E-state index is 0.0958. The zero-order valence-corrected chi connectivity index (χ0v) is 46.2. The van der Waals surface area contributed by atoms with Gasteiger partial charge in [-0.05, 0) is 104 Å². The predicted molar refractivity (Wildman–Crippen MR) is 342 cm³/mol. The molecule has 0 amide bonds. The maximum absolute atomic E-state index is 6.27. The number of aromatic nitrogens is 6. The van der Waals surface area contributed by atoms with Gasteiger partial charge in [0, 0.05) is 67.1 Å². The summed E-state index contributed by atoms with van der Waals surface area (Å²) in [5, 5.41) is 2.12. The smallest absolute Gasteiger partial charge is 0.164 e. The monoisotopic (exact) mass is 1100 g/mol. The quantitative estimate of drug-likeness (QED) is 0.133. The molecule has 0 radical (unpaired) electrons. The van der Waals surface area contributed by atoms with Crippen LogP contribution in [0.2, 0.25) is 0 Å². The van der Waals surface area contributed by atoms with Gasteiger partial charge in [0.15, 0.2) is 34.9 Å². The number of furan rings is 2. The third kappa shape index (κ3) is 8.61. The summed E-state index contributed by atoms with van der Waals surface area (Å²) in [4.78, 5) is 30.5. The molecule has 0 fully saturated rings. The highest BCUT2D eigenvalue weighted by Crippen LogP contribution is 2.57. The summed E-state index contributed by atoms with van der Waals surface area (Å²) in [7, 11) is 0. The lowest BCUT2D eigenvalue weighted by Crippen LogP contribution is -2.27. The lowest BCUT2D eigenvalue weighted by molar-refractivity contribution is 0.631. The molecule has 3 aliphatic carbocycles. The maximum Gasteiger partial charge on any atom is 0.164 e. The SMILES string of the molecule is c1ccc(-c2nc(-c3ccc(-c4ccc5c(c4)C4c6ccccc6C5c5cc(-c6ccc(-c7nc(-c8ccccc8)nc(-c8cccc(-c9cc%10ccccc%10o9)c8)n7)cc6)ccc54)cc3)nc(-c3cccc(-c4cc5ccccc5o4)c3)n2)cc1. The first-order chi connectivity index (χ1) is 42.5. The van der Waals surface area contributed by atoms with Gasteiger partial charge in [-0.25, -0.2) is 29.9 Å². The summed E-state index contributed by atoms with van der Waals surface area (Å²) in [5.74, 6) is 5.40. The van der Waals surface area contributed by atoms with E-state index in [1.165, 1.54) is 44.5 Å². The van der Waals surface area contributed by atoms with Crippen LogP contribution in [0, 0.1) is 0 Å². The molecule has 0 spiro atoms. The molecule has 0 N–H and O–H groups in total. The third-order valence-corrected chi connectivity index (χ3v) is 17.0. The van der Waals surface area contributed by atoms with Crippen LogP contribution in [0.1, 0.15) is 45.2 Å². The Kier molecular flexibility index (Phi) is 11.5. The van der Waals surface area contributed by atoms with Crippen LogP contribution in [0.5, 0.6) is 0 Å². The number of fused-ring (bicyclic) bond motifs is 2. The molecule has 11 aromatic carbocycles. The Morgan fingerprint density at radius 3 is 0.907 bits per heavy atom. The minimum Gasteiger partial charge on any atom is -0.456 e. The van der Waals surface area contributed by atoms with Crippen molar-refractivity contribution in [3.8, 4) is 113 Å². The molecule has 8 nitrogen and oxygen atoms in total. The first-order valence-corrected chi connectivity index (χ1v) is 29.0. The van der Waals surface area contributed by atoms with Crippen LogP contribution in [-0.4, -0.2) is 29.9 Å². The van der Waals surface area contributed by atoms with Crippen LogP contribution >= 0.6 is 0 Å². The highest BCUT2D eigenvalue weighted by molar-refractivity contribution is 5.86. The summed E-state index contributed by atoms with van der Waals surface area (Å²) in [6, 6.07) is 97.4. The van der Waals surface area contributed by atoms with Crippen molar-refractivity contribution in [2.45, 2.75) is 11.8 Å². The molecule has 2 bridgehead atoms. The normalized spacial score (nSPS) is 13.8. The zero-order valence-electron chi connectivity index (χ0n) is 46.2. The van der Waals surface area contributed by atoms with Gasteiger partial charge in [0.05, 0.1) is 0 Å². The van der Waals surface area contributed by atoms with Gasteiger partial charge in [-0.1, -0.05) is 231 Å². The second-order valence-corrected chi connectivity index (χ2v) is 22.1. The van der Waals surface area contributed by atoms with Gasteiger partial charge in [-0.15, -0.1) is 0 Å². The highest BCUT2D eigenvalue weighted by Gasteiger charge is 2.41. The topological polar surface area (TPSA) is 104 Å². The molecule has 2 unspecified atom stereocenters. The molecule has 15 aromatic rings. The van der Waals surface area contributed by atoms with E-state index in [4.69, 9.17) is 38.7 Å². The zero-order chi connectivity index (χ0) is 56.7. The molecule has 18 rings (SSSR count). The Hall–Kier alpha value is -11.5. The Morgan fingerprint density at radius 2 is 0.500 bits per heavy atom. The van der Waals surface area contributed by atoms with Crippen molar-refractivity contribution in [1.82, 2.24) is 29.9 Å². The molecule has 4 heterocycles. The van der Waals surface area contributed by atoms with Crippen molar-refractivity contribution in [2.75, 3.05) is 0 Å². The summed E-state index contributed by atoms with van der Waals surface area (Å²) in [5.41, 5.74) is 21.8. The average molecular weight is 1100 g/mol. The number of para-hydroxylation sites is 2. The molecular formula is C78H48N6O2. The fourth-order valence-corrected chi connectivity index (χ4v) is 12.8. The van der Waals surface area contributed by atoms with Crippen molar-refractivity contribution in [3.05, 3.63) is 312 Å². The lowest BCUT2D eigenvalue weighted by Gasteiger charge is -2.42. The second kappa shape index (κ2) is 20.2. The van der Waals surface area contributed by atoms with Gasteiger partial charge in [0.1, 0.15) is 22.7 Å². The van der Waals surface area contributed by atoms with Gasteiger partial charge in [-0.3, -0.25) is 0 Å². The van der Waals surface area contributed by atoms with Crippen molar-refractivity contribution in [2.24, 2.45) is 0 Å². The first-order valence-electron chi connectivity index (χ1n) is 29.0. The summed E-state index contributed by atoms with van der Waals surface area (Å²) < 4.78 is 12.5. The van der Waals surface area contributed by atoms with E-state index in [2.05, 4.69) is 158 Å². The van der Waals surface area contributed by atoms with Crippen molar-refractivity contribution >= 4 is 21.9 Å². The highest BCUT2D eigenvalue weighted by atomic mass is 16.3. The number of nitrogens with zero attached hydrogens (tertiary/aromatic N) is 6. The number of benzene rings is 11. The van der Waals surface area contributed by atoms with Gasteiger partial charge in [0.2, 0.25) is 0 Å². The number of rotatable bonds is 10. The molecule has 0 saturated heterocycles. The molecule has 0 saturated carbocycles. The molecule has 3 aliphatic rings. The second-order valence-electron chi connectivity index (χ2n) is 22.1. The van der Waals surface area contributed by atoms with E-state index in [1.807, 2.05) is 121 Å². The average Bonchev–Trinajstić information content (AvgIpc) is 0.881. The fraction of sp³-hybridized carbons (Fsp3) is 0.0256. The fourth-order valence-electron chi connectivity index (χ4n) is 12.8. The standard InChI is InChI=1S/C78H48N6O2/c1-3-15-49(16-4-1)73-79-75(83-77(81-73)59-23-13-21-55(41-59)69-45-57-19-7-11-27-67(57)85-69)51-33-29-47(30-34-51)53-37-39-63-65(43-53)71-61-25-9-10-26-62(61)72(63)66-44-54(38-40-64(66)71)48-31-35-52(36-32-48)76-80-74(50-17-5-2-6-18-50)82-78(84-76)60-24-14-22-56(42-60)70-46-58-20-8-12-28-68(58)86-70/h1-46,71-72H. The van der Waals surface area contributed by atoms with Gasteiger partial charge >= 0.3 is 0 Å². The molecule has 8 heteroatoms. The van der Waals surface area contributed by atoms with E-state index in [9.17, 15) is 0 Å². The third-order valence-electron chi connectivity index (χ3n) is 17.0. The largest absolute Gasteiger partial charge is 0.456 e. The predicted octanol–water partition coefficient (Wildman–Crippen LogP) is 19.2. The van der Waals surface area contributed by atoms with Crippen LogP contribution in [0.25, 0.3) is 135 Å². The van der Waals surface area contributed by atoms with Crippen molar-refractivity contribution in [3.63, 3.8) is 0 Å². The Bertz CT molecular complexity index is 4740. The van der Waals surface area contributed by atoms with Gasteiger partial charge < -0.3 is 8.83 Å². The molecule has 4 aromatic heterocycles. The summed E-state index contributed by atoms with van der Waals surface area (Å²) in [6.45, 7) is 0. The Labute approximate surface area is 495 Å². The van der Waals surface area contributed by atoms with Crippen LogP contribution in [0.3, 0.4) is 0 Å². The van der Waals surface area contributed by atoms with Gasteiger partial charge in [0.25, 0.3) is 0 Å². The minimum absolute atomic E-state index is 0.0958. The van der Waals surface area contributed by atoms with E-state index in [-0.39, 0.29) is 11.8 Å². The van der Waals surface area contributed by atoms with Crippen molar-refractivity contribution < 1.29 is 8.83 Å². The number of hydrogen-bond acceptors (Lipinski definition) is 8. The first kappa shape index (κ1) is 49.2. The molecule has 402 valence electrons. The number of hydrogen-bond donors (Lipinski definition) is 0. The lowest BCUT2D eigenvalue weighted by atomic mass is 9.60. The summed E-state index contributed by atoms with van der Waals surface area (Å²) >= 11 is 0. The summed E-state index contributed by atoms with van der Waals surface area (Å²) in [6.07, 6.45) is 0. The van der Waals surface area contributed by atoms with Crippen molar-refractivity contribution in [1.29, 1.82) is 0 Å². The maximum atomic E-state index is 6.27. The van der Waals surface area contributed by atoms with Gasteiger partial charge in [-0.2, -0.15) is 0 Å². The van der Waals surface area contributed by atoms with Crippen LogP contribution < -0.4 is 0 Å². The van der Waals surface area contributed by atoms with Crippen LogP contribution in [-0.2, 0) is 0 Å². The Balaban J connectivity index is 0.674. The van der Waals surface area contributed by atoms with E-state index >= 15 is 0 Å². The molecule has 86 heavy (non-hydrogen) atoms. The molecule has 0 aliphatic heterocycles. The molecular weight excluding hydrogens is 1050 g/mol. The van der Waals surface area contributed by atoms with E-state index in [1.54, 1.807) is 0 Å². The molecule has 2 atom stereocenters. The van der Waals surface area contributed by atoms with Crippen LogP contribution in [0.4, 0.5) is 0 Å². The van der Waals surface area contributed by atoms with E-state index in [0.29, 0.717) is 34.9 Å².